The number of piperazine rings is 1. The first-order chi connectivity index (χ1) is 14.0. The van der Waals surface area contributed by atoms with Crippen LogP contribution in [0.25, 0.3) is 0 Å². The minimum absolute atomic E-state index is 0.0150. The van der Waals surface area contributed by atoms with Crippen LogP contribution in [0.5, 0.6) is 0 Å². The molecule has 3 rings (SSSR count). The molecule has 0 radical (unpaired) electrons. The van der Waals surface area contributed by atoms with E-state index in [1.807, 2.05) is 17.0 Å². The maximum atomic E-state index is 12.6. The highest BCUT2D eigenvalue weighted by Gasteiger charge is 2.21. The summed E-state index contributed by atoms with van der Waals surface area (Å²) in [5.41, 5.74) is 4.63. The summed E-state index contributed by atoms with van der Waals surface area (Å²) in [7, 11) is 0. The molecule has 29 heavy (non-hydrogen) atoms. The molecule has 5 heteroatoms. The fourth-order valence-corrected chi connectivity index (χ4v) is 3.78. The summed E-state index contributed by atoms with van der Waals surface area (Å²) in [5, 5.41) is 3.03. The number of nitrogens with one attached hydrogen (secondary N) is 1. The maximum Gasteiger partial charge on any atom is 0.321 e. The van der Waals surface area contributed by atoms with Gasteiger partial charge < -0.3 is 20.0 Å². The van der Waals surface area contributed by atoms with Gasteiger partial charge in [-0.25, -0.2) is 4.79 Å². The predicted molar refractivity (Wildman–Crippen MR) is 123 cm³/mol. The van der Waals surface area contributed by atoms with E-state index in [4.69, 9.17) is 0 Å². The second-order valence-corrected chi connectivity index (χ2v) is 7.87. The highest BCUT2D eigenvalue weighted by Crippen LogP contribution is 2.22. The van der Waals surface area contributed by atoms with E-state index in [9.17, 15) is 4.79 Å². The average molecular weight is 395 g/mol. The zero-order valence-electron chi connectivity index (χ0n) is 18.2. The van der Waals surface area contributed by atoms with Gasteiger partial charge in [-0.3, -0.25) is 0 Å². The number of carbonyl (C=O) groups is 1. The van der Waals surface area contributed by atoms with Crippen molar-refractivity contribution >= 4 is 23.1 Å². The summed E-state index contributed by atoms with van der Waals surface area (Å²) in [5.74, 6) is 0.494. The van der Waals surface area contributed by atoms with E-state index < -0.39 is 0 Å². The number of carbonyl (C=O) groups excluding carboxylic acids is 1. The second-order valence-electron chi connectivity index (χ2n) is 7.87. The fourth-order valence-electron chi connectivity index (χ4n) is 3.78. The summed E-state index contributed by atoms with van der Waals surface area (Å²) in [6, 6.07) is 16.9. The first kappa shape index (κ1) is 21.0. The molecule has 0 saturated carbocycles. The number of anilines is 3. The number of rotatable bonds is 6. The second kappa shape index (κ2) is 9.68. The Labute approximate surface area is 175 Å². The van der Waals surface area contributed by atoms with Gasteiger partial charge in [0, 0.05) is 56.3 Å². The van der Waals surface area contributed by atoms with Crippen molar-refractivity contribution in [3.8, 4) is 0 Å². The number of urea groups is 1. The zero-order chi connectivity index (χ0) is 20.8. The van der Waals surface area contributed by atoms with Gasteiger partial charge in [0.2, 0.25) is 0 Å². The van der Waals surface area contributed by atoms with Crippen LogP contribution in [-0.4, -0.2) is 50.2 Å². The Morgan fingerprint density at radius 2 is 1.52 bits per heavy atom. The Hall–Kier alpha value is -2.69. The molecule has 5 nitrogen and oxygen atoms in total. The summed E-state index contributed by atoms with van der Waals surface area (Å²) < 4.78 is 0. The molecule has 1 aliphatic rings. The number of benzene rings is 2. The maximum absolute atomic E-state index is 12.6. The molecule has 0 spiro atoms. The van der Waals surface area contributed by atoms with Crippen LogP contribution >= 0.6 is 0 Å². The standard InChI is InChI=1S/C24H34N4O/c1-5-26(6-2)22-11-13-23(14-12-22)27-15-17-28(18-16-27)24(29)25-21-9-7-20(8-10-21)19(3)4/h7-14,19H,5-6,15-18H2,1-4H3,(H,25,29). The van der Waals surface area contributed by atoms with Gasteiger partial charge >= 0.3 is 6.03 Å². The summed E-state index contributed by atoms with van der Waals surface area (Å²) in [6.45, 7) is 13.9. The monoisotopic (exact) mass is 394 g/mol. The van der Waals surface area contributed by atoms with Gasteiger partial charge in [-0.05, 0) is 61.7 Å². The van der Waals surface area contributed by atoms with E-state index in [1.54, 1.807) is 0 Å². The van der Waals surface area contributed by atoms with E-state index in [0.717, 1.165) is 45.0 Å². The SMILES string of the molecule is CCN(CC)c1ccc(N2CCN(C(=O)Nc3ccc(C(C)C)cc3)CC2)cc1. The molecule has 0 aliphatic carbocycles. The predicted octanol–water partition coefficient (Wildman–Crippen LogP) is 5.01. The molecule has 1 fully saturated rings. The minimum atomic E-state index is -0.0150. The van der Waals surface area contributed by atoms with Crippen LogP contribution in [0.4, 0.5) is 21.9 Å². The third kappa shape index (κ3) is 5.22. The Kier molecular flexibility index (Phi) is 7.02. The van der Waals surface area contributed by atoms with Gasteiger partial charge in [0.1, 0.15) is 0 Å². The lowest BCUT2D eigenvalue weighted by Gasteiger charge is -2.36. The van der Waals surface area contributed by atoms with Crippen LogP contribution in [0.3, 0.4) is 0 Å². The average Bonchev–Trinajstić information content (AvgIpc) is 2.75. The van der Waals surface area contributed by atoms with Crippen LogP contribution in [0.15, 0.2) is 48.5 Å². The van der Waals surface area contributed by atoms with Crippen molar-refractivity contribution in [3.63, 3.8) is 0 Å². The van der Waals surface area contributed by atoms with Crippen molar-refractivity contribution in [1.82, 2.24) is 4.90 Å². The first-order valence-corrected chi connectivity index (χ1v) is 10.8. The fraction of sp³-hybridized carbons (Fsp3) is 0.458. The molecule has 156 valence electrons. The topological polar surface area (TPSA) is 38.8 Å². The Morgan fingerprint density at radius 1 is 0.931 bits per heavy atom. The Bertz CT molecular complexity index is 774. The molecule has 1 aliphatic heterocycles. The van der Waals surface area contributed by atoms with Crippen LogP contribution in [0.2, 0.25) is 0 Å². The smallest absolute Gasteiger partial charge is 0.321 e. The largest absolute Gasteiger partial charge is 0.372 e. The zero-order valence-corrected chi connectivity index (χ0v) is 18.2. The van der Waals surface area contributed by atoms with Gasteiger partial charge in [0.05, 0.1) is 0 Å². The van der Waals surface area contributed by atoms with Crippen molar-refractivity contribution in [3.05, 3.63) is 54.1 Å². The molecule has 1 saturated heterocycles. The highest BCUT2D eigenvalue weighted by molar-refractivity contribution is 5.89. The van der Waals surface area contributed by atoms with Gasteiger partial charge in [0.25, 0.3) is 0 Å². The van der Waals surface area contributed by atoms with Crippen LogP contribution < -0.4 is 15.1 Å². The van der Waals surface area contributed by atoms with Crippen molar-refractivity contribution < 1.29 is 4.79 Å². The molecule has 1 N–H and O–H groups in total. The molecule has 2 amide bonds. The lowest BCUT2D eigenvalue weighted by molar-refractivity contribution is 0.208. The van der Waals surface area contributed by atoms with Gasteiger partial charge in [0.15, 0.2) is 0 Å². The van der Waals surface area contributed by atoms with Gasteiger partial charge in [-0.2, -0.15) is 0 Å². The third-order valence-corrected chi connectivity index (χ3v) is 5.74. The first-order valence-electron chi connectivity index (χ1n) is 10.8. The van der Waals surface area contributed by atoms with E-state index in [-0.39, 0.29) is 6.03 Å². The molecule has 2 aromatic carbocycles. The van der Waals surface area contributed by atoms with Gasteiger partial charge in [-0.15, -0.1) is 0 Å². The van der Waals surface area contributed by atoms with Crippen LogP contribution in [-0.2, 0) is 0 Å². The van der Waals surface area contributed by atoms with E-state index in [2.05, 4.69) is 79.2 Å². The van der Waals surface area contributed by atoms with Crippen LogP contribution in [0.1, 0.15) is 39.2 Å². The molecular weight excluding hydrogens is 360 g/mol. The molecule has 0 unspecified atom stereocenters. The minimum Gasteiger partial charge on any atom is -0.372 e. The summed E-state index contributed by atoms with van der Waals surface area (Å²) in [4.78, 5) is 19.2. The van der Waals surface area contributed by atoms with Crippen molar-refractivity contribution in [2.45, 2.75) is 33.6 Å². The van der Waals surface area contributed by atoms with Crippen molar-refractivity contribution in [2.75, 3.05) is 54.4 Å². The Morgan fingerprint density at radius 3 is 2.03 bits per heavy atom. The number of amides is 2. The van der Waals surface area contributed by atoms with Crippen LogP contribution in [0, 0.1) is 0 Å². The van der Waals surface area contributed by atoms with E-state index >= 15 is 0 Å². The summed E-state index contributed by atoms with van der Waals surface area (Å²) >= 11 is 0. The number of nitrogens with zero attached hydrogens (tertiary/aromatic N) is 3. The molecular formula is C24H34N4O. The molecule has 1 heterocycles. The van der Waals surface area contributed by atoms with Gasteiger partial charge in [-0.1, -0.05) is 26.0 Å². The van der Waals surface area contributed by atoms with E-state index in [1.165, 1.54) is 16.9 Å². The quantitative estimate of drug-likeness (QED) is 0.748. The normalized spacial score (nSPS) is 14.2. The van der Waals surface area contributed by atoms with Crippen molar-refractivity contribution in [1.29, 1.82) is 0 Å². The molecule has 0 aromatic heterocycles. The lowest BCUT2D eigenvalue weighted by atomic mass is 10.0. The number of hydrogen-bond acceptors (Lipinski definition) is 3. The molecule has 2 aromatic rings. The third-order valence-electron chi connectivity index (χ3n) is 5.74. The number of hydrogen-bond donors (Lipinski definition) is 1. The molecule has 0 atom stereocenters. The van der Waals surface area contributed by atoms with Crippen molar-refractivity contribution in [2.24, 2.45) is 0 Å². The lowest BCUT2D eigenvalue weighted by Crippen LogP contribution is -2.50. The summed E-state index contributed by atoms with van der Waals surface area (Å²) in [6.07, 6.45) is 0. The Balaban J connectivity index is 1.52. The van der Waals surface area contributed by atoms with E-state index in [0.29, 0.717) is 5.92 Å². The highest BCUT2D eigenvalue weighted by atomic mass is 16.2. The molecule has 0 bridgehead atoms.